The zero-order valence-electron chi connectivity index (χ0n) is 14.9. The molecule has 2 aromatic rings. The summed E-state index contributed by atoms with van der Waals surface area (Å²) < 4.78 is 16.1. The second kappa shape index (κ2) is 7.19. The van der Waals surface area contributed by atoms with Crippen molar-refractivity contribution >= 4 is 17.7 Å². The number of amides is 2. The Morgan fingerprint density at radius 3 is 2.78 bits per heavy atom. The Morgan fingerprint density at radius 1 is 1.15 bits per heavy atom. The third-order valence-corrected chi connectivity index (χ3v) is 4.72. The van der Waals surface area contributed by atoms with Crippen LogP contribution in [0.25, 0.3) is 0 Å². The van der Waals surface area contributed by atoms with Gasteiger partial charge in [-0.2, -0.15) is 0 Å². The fraction of sp³-hybridized carbons (Fsp3) is 0.300. The summed E-state index contributed by atoms with van der Waals surface area (Å²) in [6.07, 6.45) is -0.307. The van der Waals surface area contributed by atoms with Crippen molar-refractivity contribution in [3.05, 3.63) is 53.6 Å². The number of fused-ring (bicyclic) bond motifs is 2. The summed E-state index contributed by atoms with van der Waals surface area (Å²) in [6.45, 7) is 1.24. The van der Waals surface area contributed by atoms with Gasteiger partial charge in [0.2, 0.25) is 6.10 Å². The van der Waals surface area contributed by atoms with Crippen LogP contribution in [0.3, 0.4) is 0 Å². The van der Waals surface area contributed by atoms with Crippen molar-refractivity contribution in [2.75, 3.05) is 25.6 Å². The lowest BCUT2D eigenvalue weighted by Crippen LogP contribution is -2.40. The number of hydrogen-bond acceptors (Lipinski definition) is 5. The molecule has 2 aromatic carbocycles. The van der Waals surface area contributed by atoms with Gasteiger partial charge in [-0.05, 0) is 41.8 Å². The average Bonchev–Trinajstić information content (AvgIpc) is 2.72. The molecule has 1 unspecified atom stereocenters. The number of benzene rings is 2. The minimum absolute atomic E-state index is 0.157. The number of hydrogen-bond donors (Lipinski definition) is 1. The third-order valence-electron chi connectivity index (χ3n) is 4.72. The average molecular weight is 368 g/mol. The van der Waals surface area contributed by atoms with Crippen molar-refractivity contribution in [1.82, 2.24) is 4.90 Å². The molecule has 2 heterocycles. The number of nitrogens with one attached hydrogen (secondary N) is 1. The first-order valence-electron chi connectivity index (χ1n) is 8.78. The topological polar surface area (TPSA) is 77.1 Å². The van der Waals surface area contributed by atoms with E-state index in [1.54, 1.807) is 17.0 Å². The fourth-order valence-corrected chi connectivity index (χ4v) is 3.29. The maximum Gasteiger partial charge on any atom is 0.409 e. The van der Waals surface area contributed by atoms with Crippen LogP contribution in [0.1, 0.15) is 11.1 Å². The number of methoxy groups -OCH3 is 1. The van der Waals surface area contributed by atoms with Gasteiger partial charge in [0.25, 0.3) is 5.91 Å². The number of rotatable bonds is 2. The monoisotopic (exact) mass is 368 g/mol. The summed E-state index contributed by atoms with van der Waals surface area (Å²) >= 11 is 0. The van der Waals surface area contributed by atoms with E-state index < -0.39 is 6.10 Å². The van der Waals surface area contributed by atoms with Crippen molar-refractivity contribution in [2.24, 2.45) is 0 Å². The number of nitrogens with zero attached hydrogens (tertiary/aromatic N) is 1. The molecule has 7 heteroatoms. The number of carbonyl (C=O) groups is 2. The Balaban J connectivity index is 1.44. The van der Waals surface area contributed by atoms with E-state index in [9.17, 15) is 9.59 Å². The van der Waals surface area contributed by atoms with Crippen molar-refractivity contribution in [2.45, 2.75) is 19.1 Å². The fourth-order valence-electron chi connectivity index (χ4n) is 3.29. The minimum atomic E-state index is -0.720. The van der Waals surface area contributed by atoms with Gasteiger partial charge >= 0.3 is 6.09 Å². The first-order chi connectivity index (χ1) is 13.1. The first kappa shape index (κ1) is 17.2. The van der Waals surface area contributed by atoms with Crippen LogP contribution in [0.4, 0.5) is 10.5 Å². The van der Waals surface area contributed by atoms with Crippen molar-refractivity contribution in [1.29, 1.82) is 0 Å². The van der Waals surface area contributed by atoms with Crippen LogP contribution in [0.2, 0.25) is 0 Å². The Morgan fingerprint density at radius 2 is 1.96 bits per heavy atom. The number of carbonyl (C=O) groups excluding carboxylic acids is 2. The summed E-state index contributed by atoms with van der Waals surface area (Å²) in [4.78, 5) is 26.0. The predicted molar refractivity (Wildman–Crippen MR) is 97.9 cm³/mol. The highest BCUT2D eigenvalue weighted by Gasteiger charge is 2.28. The van der Waals surface area contributed by atoms with Gasteiger partial charge in [-0.15, -0.1) is 0 Å². The summed E-state index contributed by atoms with van der Waals surface area (Å²) in [6, 6.07) is 13.0. The van der Waals surface area contributed by atoms with Crippen LogP contribution in [-0.4, -0.2) is 43.3 Å². The Labute approximate surface area is 156 Å². The number of para-hydroxylation sites is 2. The molecule has 27 heavy (non-hydrogen) atoms. The molecule has 0 spiro atoms. The lowest BCUT2D eigenvalue weighted by atomic mass is 9.99. The molecule has 0 aromatic heterocycles. The van der Waals surface area contributed by atoms with Gasteiger partial charge in [-0.3, -0.25) is 4.79 Å². The van der Waals surface area contributed by atoms with Gasteiger partial charge in [0.1, 0.15) is 6.61 Å². The highest BCUT2D eigenvalue weighted by atomic mass is 16.6. The molecule has 0 bridgehead atoms. The second-order valence-electron chi connectivity index (χ2n) is 6.48. The Bertz CT molecular complexity index is 882. The zero-order valence-corrected chi connectivity index (χ0v) is 14.9. The normalized spacial score (nSPS) is 17.7. The minimum Gasteiger partial charge on any atom is -0.485 e. The molecule has 0 saturated carbocycles. The molecule has 7 nitrogen and oxygen atoms in total. The van der Waals surface area contributed by atoms with Gasteiger partial charge in [0, 0.05) is 18.8 Å². The quantitative estimate of drug-likeness (QED) is 0.882. The van der Waals surface area contributed by atoms with Crippen LogP contribution in [-0.2, 0) is 22.5 Å². The summed E-state index contributed by atoms with van der Waals surface area (Å²) in [7, 11) is 1.37. The molecule has 0 radical (unpaired) electrons. The summed E-state index contributed by atoms with van der Waals surface area (Å²) in [5.41, 5.74) is 2.82. The molecular formula is C20H20N2O5. The third kappa shape index (κ3) is 3.53. The predicted octanol–water partition coefficient (Wildman–Crippen LogP) is 2.59. The zero-order chi connectivity index (χ0) is 18.8. The molecule has 2 aliphatic heterocycles. The standard InChI is InChI=1S/C20H20N2O5/c1-25-20(24)22-9-8-13-6-7-15(10-14(13)11-22)21-19(23)18-12-26-16-4-2-3-5-17(16)27-18/h2-7,10,18H,8-9,11-12H2,1H3,(H,21,23). The van der Waals surface area contributed by atoms with Crippen LogP contribution in [0.15, 0.2) is 42.5 Å². The largest absolute Gasteiger partial charge is 0.485 e. The number of ether oxygens (including phenoxy) is 3. The number of anilines is 1. The molecule has 1 N–H and O–H groups in total. The molecule has 140 valence electrons. The Hall–Kier alpha value is -3.22. The van der Waals surface area contributed by atoms with E-state index in [1.165, 1.54) is 12.7 Å². The maximum absolute atomic E-state index is 12.6. The summed E-state index contributed by atoms with van der Waals surface area (Å²) in [5, 5.41) is 2.87. The second-order valence-corrected chi connectivity index (χ2v) is 6.48. The van der Waals surface area contributed by atoms with E-state index >= 15 is 0 Å². The molecule has 0 fully saturated rings. The smallest absolute Gasteiger partial charge is 0.409 e. The molecule has 0 saturated heterocycles. The van der Waals surface area contributed by atoms with Gasteiger partial charge in [0.15, 0.2) is 11.5 Å². The first-order valence-corrected chi connectivity index (χ1v) is 8.78. The van der Waals surface area contributed by atoms with E-state index in [1.807, 2.05) is 30.3 Å². The van der Waals surface area contributed by atoms with Gasteiger partial charge in [-0.1, -0.05) is 18.2 Å². The van der Waals surface area contributed by atoms with Gasteiger partial charge < -0.3 is 24.4 Å². The van der Waals surface area contributed by atoms with E-state index in [4.69, 9.17) is 14.2 Å². The molecule has 0 aliphatic carbocycles. The lowest BCUT2D eigenvalue weighted by molar-refractivity contribution is -0.125. The van der Waals surface area contributed by atoms with E-state index in [0.29, 0.717) is 30.3 Å². The van der Waals surface area contributed by atoms with E-state index in [-0.39, 0.29) is 18.6 Å². The molecule has 4 rings (SSSR count). The van der Waals surface area contributed by atoms with Crippen LogP contribution < -0.4 is 14.8 Å². The van der Waals surface area contributed by atoms with E-state index in [2.05, 4.69) is 5.32 Å². The maximum atomic E-state index is 12.6. The van der Waals surface area contributed by atoms with Gasteiger partial charge in [0.05, 0.1) is 7.11 Å². The van der Waals surface area contributed by atoms with Crippen molar-refractivity contribution in [3.63, 3.8) is 0 Å². The molecular weight excluding hydrogens is 348 g/mol. The van der Waals surface area contributed by atoms with Crippen molar-refractivity contribution in [3.8, 4) is 11.5 Å². The molecule has 1 atom stereocenters. The van der Waals surface area contributed by atoms with Crippen LogP contribution in [0, 0.1) is 0 Å². The molecule has 2 aliphatic rings. The Kier molecular flexibility index (Phi) is 4.58. The molecule has 2 amide bonds. The van der Waals surface area contributed by atoms with E-state index in [0.717, 1.165) is 12.0 Å². The highest BCUT2D eigenvalue weighted by Crippen LogP contribution is 2.31. The highest BCUT2D eigenvalue weighted by molar-refractivity contribution is 5.94. The summed E-state index contributed by atoms with van der Waals surface area (Å²) in [5.74, 6) is 0.923. The van der Waals surface area contributed by atoms with Crippen molar-refractivity contribution < 1.29 is 23.8 Å². The SMILES string of the molecule is COC(=O)N1CCc2ccc(NC(=O)C3COc4ccccc4O3)cc2C1. The van der Waals surface area contributed by atoms with Crippen LogP contribution in [0.5, 0.6) is 11.5 Å². The van der Waals surface area contributed by atoms with Gasteiger partial charge in [-0.25, -0.2) is 4.79 Å². The lowest BCUT2D eigenvalue weighted by Gasteiger charge is -2.28. The van der Waals surface area contributed by atoms with Crippen LogP contribution >= 0.6 is 0 Å².